The number of nitrogens with one attached hydrogen (secondary N) is 2. The second-order valence-corrected chi connectivity index (χ2v) is 20.2. The van der Waals surface area contributed by atoms with Crippen molar-refractivity contribution in [3.8, 4) is 41.1 Å². The van der Waals surface area contributed by atoms with Gasteiger partial charge in [0, 0.05) is 43.5 Å². The molecule has 11 heteroatoms. The Bertz CT molecular complexity index is 2470. The van der Waals surface area contributed by atoms with Gasteiger partial charge in [0.05, 0.1) is 29.4 Å². The minimum atomic E-state index is -1.05. The molecule has 5 aliphatic heterocycles. The average molecular weight is 866 g/mol. The molecule has 0 aromatic heterocycles. The van der Waals surface area contributed by atoms with Crippen LogP contribution >= 0.6 is 0 Å². The summed E-state index contributed by atoms with van der Waals surface area (Å²) in [5.74, 6) is 11.3. The van der Waals surface area contributed by atoms with E-state index in [2.05, 4.69) is 47.5 Å². The number of aromatic hydroxyl groups is 1. The van der Waals surface area contributed by atoms with Gasteiger partial charge in [0.2, 0.25) is 0 Å². The van der Waals surface area contributed by atoms with Gasteiger partial charge in [-0.15, -0.1) is 0 Å². The monoisotopic (exact) mass is 865 g/mol. The number of nitrogens with zero attached hydrogens (tertiary/aromatic N) is 1. The number of aliphatic hydroxyl groups excluding tert-OH is 3. The SMILES string of the molecule is N[C@H]1NC[C@@H]2CC[C@H]3C4=CN=C5C[NH+](C=C45)[C@H]4Oc5cc(CCC(=O)C[C@H](O)[C@@H]6C=C[C@@H](C7CCCCC7)C[C@H]6O)c(O)cc5OC#CC5(CCCC5)[C@H]4C#C[C@H](O)c4ccc1c2c43. The van der Waals surface area contributed by atoms with Crippen LogP contribution in [0.2, 0.25) is 0 Å². The molecule has 2 aromatic carbocycles. The molecule has 4 aliphatic carbocycles. The number of ketones is 1. The number of Topliss-reactive ketones (excluding diaryl/α,β-unsaturated/α-hetero) is 1. The number of hydrogen-bond donors (Lipinski definition) is 7. The number of carbonyl (C=O) groups is 1. The summed E-state index contributed by atoms with van der Waals surface area (Å²) in [6.07, 6.45) is 20.2. The highest BCUT2D eigenvalue weighted by atomic mass is 16.5. The fourth-order valence-electron chi connectivity index (χ4n) is 13.1. The van der Waals surface area contributed by atoms with E-state index in [1.165, 1.54) is 43.7 Å². The van der Waals surface area contributed by atoms with Crippen LogP contribution in [0.25, 0.3) is 0 Å². The number of quaternary nitrogens is 1. The van der Waals surface area contributed by atoms with Crippen LogP contribution in [0.4, 0.5) is 0 Å². The lowest BCUT2D eigenvalue weighted by Crippen LogP contribution is -3.13. The topological polar surface area (TPSA) is 171 Å². The van der Waals surface area contributed by atoms with Crippen molar-refractivity contribution in [2.75, 3.05) is 13.1 Å². The second-order valence-electron chi connectivity index (χ2n) is 20.2. The van der Waals surface area contributed by atoms with Gasteiger partial charge in [-0.3, -0.25) is 20.0 Å². The first-order valence-electron chi connectivity index (χ1n) is 24.1. The number of phenolic OH excluding ortho intramolecular Hbond substituents is 1. The van der Waals surface area contributed by atoms with E-state index in [4.69, 9.17) is 20.2 Å². The largest absolute Gasteiger partial charge is 0.508 e. The van der Waals surface area contributed by atoms with Gasteiger partial charge in [-0.25, -0.2) is 0 Å². The Hall–Kier alpha value is -4.72. The van der Waals surface area contributed by atoms with E-state index in [1.807, 2.05) is 18.3 Å². The van der Waals surface area contributed by atoms with Crippen molar-refractivity contribution >= 4 is 11.5 Å². The van der Waals surface area contributed by atoms with Crippen molar-refractivity contribution in [2.24, 2.45) is 39.8 Å². The van der Waals surface area contributed by atoms with Crippen molar-refractivity contribution < 1.29 is 39.6 Å². The summed E-state index contributed by atoms with van der Waals surface area (Å²) in [5, 5.41) is 49.3. The van der Waals surface area contributed by atoms with Crippen LogP contribution in [-0.2, 0) is 11.2 Å². The number of phenols is 1. The van der Waals surface area contributed by atoms with Gasteiger partial charge in [0.25, 0.3) is 6.23 Å². The van der Waals surface area contributed by atoms with Gasteiger partial charge < -0.3 is 35.6 Å². The molecule has 334 valence electrons. The first-order chi connectivity index (χ1) is 31.1. The number of aliphatic imine (C=N–C) groups is 1. The zero-order valence-corrected chi connectivity index (χ0v) is 36.5. The van der Waals surface area contributed by atoms with Crippen molar-refractivity contribution in [1.82, 2.24) is 5.32 Å². The summed E-state index contributed by atoms with van der Waals surface area (Å²) in [6, 6.07) is 7.36. The van der Waals surface area contributed by atoms with Gasteiger partial charge in [-0.1, -0.05) is 74.2 Å². The van der Waals surface area contributed by atoms with Gasteiger partial charge in [0.15, 0.2) is 11.5 Å². The second kappa shape index (κ2) is 16.9. The Kier molecular flexibility index (Phi) is 11.1. The highest BCUT2D eigenvalue weighted by molar-refractivity contribution is 6.08. The lowest BCUT2D eigenvalue weighted by Gasteiger charge is -2.41. The zero-order valence-electron chi connectivity index (χ0n) is 36.5. The summed E-state index contributed by atoms with van der Waals surface area (Å²) < 4.78 is 13.3. The predicted octanol–water partition coefficient (Wildman–Crippen LogP) is 5.41. The van der Waals surface area contributed by atoms with E-state index in [9.17, 15) is 25.2 Å². The maximum atomic E-state index is 13.4. The van der Waals surface area contributed by atoms with Crippen LogP contribution in [0, 0.1) is 53.0 Å². The first-order valence-corrected chi connectivity index (χ1v) is 24.1. The minimum absolute atomic E-state index is 0.0322. The van der Waals surface area contributed by atoms with Gasteiger partial charge in [0.1, 0.15) is 48.1 Å². The third-order valence-corrected chi connectivity index (χ3v) is 16.5. The molecular formula is C53H61N4O7+. The molecule has 0 radical (unpaired) electrons. The van der Waals surface area contributed by atoms with E-state index in [0.29, 0.717) is 42.0 Å². The highest BCUT2D eigenvalue weighted by Crippen LogP contribution is 2.52. The molecule has 2 aromatic rings. The van der Waals surface area contributed by atoms with Crippen LogP contribution in [0.3, 0.4) is 0 Å². The maximum absolute atomic E-state index is 13.4. The normalized spacial score (nSPS) is 33.5. The molecule has 1 unspecified atom stereocenters. The number of carbonyl (C=O) groups excluding carboxylic acids is 1. The molecule has 0 saturated heterocycles. The third-order valence-electron chi connectivity index (χ3n) is 16.5. The van der Waals surface area contributed by atoms with Crippen molar-refractivity contribution in [1.29, 1.82) is 0 Å². The molecule has 11 rings (SSSR count). The number of nitrogens with two attached hydrogens (primary N) is 1. The Morgan fingerprint density at radius 1 is 1.00 bits per heavy atom. The van der Waals surface area contributed by atoms with Gasteiger partial charge in [-0.2, -0.15) is 0 Å². The minimum Gasteiger partial charge on any atom is -0.508 e. The summed E-state index contributed by atoms with van der Waals surface area (Å²) in [5.41, 5.74) is 14.2. The van der Waals surface area contributed by atoms with E-state index >= 15 is 0 Å². The number of aryl methyl sites for hydroxylation is 1. The molecule has 8 N–H and O–H groups in total. The zero-order chi connectivity index (χ0) is 43.7. The predicted molar refractivity (Wildman–Crippen MR) is 241 cm³/mol. The first kappa shape index (κ1) is 41.9. The molecule has 2 saturated carbocycles. The van der Waals surface area contributed by atoms with Crippen LogP contribution in [0.15, 0.2) is 65.0 Å². The molecule has 2 fully saturated rings. The Morgan fingerprint density at radius 2 is 1.83 bits per heavy atom. The van der Waals surface area contributed by atoms with Crippen molar-refractivity contribution in [3.63, 3.8) is 0 Å². The lowest BCUT2D eigenvalue weighted by molar-refractivity contribution is -0.888. The molecule has 9 aliphatic rings. The number of fused-ring (bicyclic) bond motifs is 6. The number of hydrogen-bond acceptors (Lipinski definition) is 10. The quantitative estimate of drug-likeness (QED) is 0.142. The number of allylic oxidation sites excluding steroid dienone is 2. The fourth-order valence-corrected chi connectivity index (χ4v) is 13.1. The van der Waals surface area contributed by atoms with E-state index < -0.39 is 41.8 Å². The number of aliphatic hydroxyl groups is 3. The number of ether oxygens (including phenoxy) is 2. The lowest BCUT2D eigenvalue weighted by atomic mass is 9.67. The Morgan fingerprint density at radius 3 is 2.66 bits per heavy atom. The summed E-state index contributed by atoms with van der Waals surface area (Å²) in [7, 11) is 0. The van der Waals surface area contributed by atoms with Gasteiger partial charge in [-0.05, 0) is 109 Å². The van der Waals surface area contributed by atoms with Crippen molar-refractivity contribution in [3.05, 3.63) is 87.8 Å². The molecule has 0 amide bonds. The fraction of sp³-hybridized carbons (Fsp3) is 0.547. The number of rotatable bonds is 7. The summed E-state index contributed by atoms with van der Waals surface area (Å²) in [6.45, 7) is 1.38. The third kappa shape index (κ3) is 7.43. The highest BCUT2D eigenvalue weighted by Gasteiger charge is 2.52. The molecule has 2 bridgehead atoms. The van der Waals surface area contributed by atoms with Gasteiger partial charge >= 0.3 is 0 Å². The van der Waals surface area contributed by atoms with Crippen LogP contribution in [0.1, 0.15) is 142 Å². The van der Waals surface area contributed by atoms with Crippen molar-refractivity contribution in [2.45, 2.75) is 139 Å². The van der Waals surface area contributed by atoms with E-state index in [1.54, 1.807) is 6.07 Å². The molecule has 5 heterocycles. The summed E-state index contributed by atoms with van der Waals surface area (Å²) in [4.78, 5) is 19.5. The number of benzene rings is 2. The van der Waals surface area contributed by atoms with Crippen LogP contribution in [0.5, 0.6) is 17.2 Å². The molecule has 64 heavy (non-hydrogen) atoms. The molecule has 1 spiro atoms. The molecular weight excluding hydrogens is 805 g/mol. The summed E-state index contributed by atoms with van der Waals surface area (Å²) >= 11 is 0. The Labute approximate surface area is 375 Å². The van der Waals surface area contributed by atoms with E-state index in [0.717, 1.165) is 83.5 Å². The molecule has 11 nitrogen and oxygen atoms in total. The smallest absolute Gasteiger partial charge is 0.252 e. The maximum Gasteiger partial charge on any atom is 0.252 e. The average Bonchev–Trinajstić information content (AvgIpc) is 4.05. The standard InChI is InChI=1S/C53H60N4O7/c54-51-38-15-14-37-43(59)17-16-41-52(57-28-40-39(27-55-42(40)29-57)35-12-10-33(26-56-51)49(38)50(35)37)64-48-23-32(44(60)25-47(48)63-21-20-53(41)18-4-5-19-53)8-11-34(58)24-46(62)36-13-9-31(22-45(36)61)30-6-2-1-3-7-30/h9,13-15,23,25,27-28,30-31,33,35-36,41,43,45-46,51-52,56,59-62H,1-8,10-12,18-19,22,24,26,29,54H2/p+1/t31-,33+,35+,36-,41+,43+,45-,46+,51+,52+/m1/s1. The molecule has 11 atom stereocenters. The Balaban J connectivity index is 0.895. The van der Waals surface area contributed by atoms with Crippen LogP contribution < -0.4 is 25.4 Å². The van der Waals surface area contributed by atoms with E-state index in [-0.39, 0.29) is 48.6 Å². The van der Waals surface area contributed by atoms with Crippen LogP contribution in [-0.4, -0.2) is 63.4 Å².